The molecule has 0 bridgehead atoms. The van der Waals surface area contributed by atoms with Crippen molar-refractivity contribution in [3.63, 3.8) is 0 Å². The summed E-state index contributed by atoms with van der Waals surface area (Å²) >= 11 is 4.47. The van der Waals surface area contributed by atoms with Gasteiger partial charge in [0.05, 0.1) is 10.4 Å². The molecule has 0 radical (unpaired) electrons. The van der Waals surface area contributed by atoms with E-state index in [-0.39, 0.29) is 0 Å². The summed E-state index contributed by atoms with van der Waals surface area (Å²) in [4.78, 5) is 0.588. The maximum absolute atomic E-state index is 10.5. The van der Waals surface area contributed by atoms with Gasteiger partial charge >= 0.3 is 0 Å². The fraction of sp³-hybridized carbons (Fsp3) is 0.250. The molecular formula is C8H12N2O2S2. The Morgan fingerprint density at radius 2 is 2.00 bits per heavy atom. The van der Waals surface area contributed by atoms with E-state index >= 15 is 0 Å². The summed E-state index contributed by atoms with van der Waals surface area (Å²) in [6.07, 6.45) is 6.65. The van der Waals surface area contributed by atoms with Crippen molar-refractivity contribution < 1.29 is 8.42 Å². The van der Waals surface area contributed by atoms with Gasteiger partial charge in [-0.3, -0.25) is 0 Å². The highest BCUT2D eigenvalue weighted by Gasteiger charge is 1.98. The van der Waals surface area contributed by atoms with Gasteiger partial charge in [-0.1, -0.05) is 25.2 Å². The minimum absolute atomic E-state index is 0.588. The molecule has 2 N–H and O–H groups in total. The summed E-state index contributed by atoms with van der Waals surface area (Å²) in [5, 5.41) is 1.05. The van der Waals surface area contributed by atoms with E-state index in [4.69, 9.17) is 5.73 Å². The number of hydrogen-bond donors (Lipinski definition) is 1. The molecule has 0 atom stereocenters. The molecule has 0 unspecified atom stereocenters. The van der Waals surface area contributed by atoms with E-state index in [2.05, 4.69) is 16.6 Å². The zero-order valence-corrected chi connectivity index (χ0v) is 9.38. The predicted octanol–water partition coefficient (Wildman–Crippen LogP) is 1.15. The van der Waals surface area contributed by atoms with Crippen LogP contribution in [-0.2, 0) is 10.0 Å². The number of sulfonamides is 1. The molecule has 6 heteroatoms. The van der Waals surface area contributed by atoms with Crippen LogP contribution in [-0.4, -0.2) is 19.6 Å². The highest BCUT2D eigenvalue weighted by molar-refractivity contribution is 7.93. The van der Waals surface area contributed by atoms with Gasteiger partial charge in [-0.05, 0) is 18.6 Å². The van der Waals surface area contributed by atoms with Gasteiger partial charge in [-0.2, -0.15) is 12.8 Å². The van der Waals surface area contributed by atoms with Gasteiger partial charge in [0.25, 0.3) is 10.0 Å². The lowest BCUT2D eigenvalue weighted by molar-refractivity contribution is 0.606. The lowest BCUT2D eigenvalue weighted by Gasteiger charge is -1.80. The second kappa shape index (κ2) is 6.44. The van der Waals surface area contributed by atoms with E-state index in [1.54, 1.807) is 12.2 Å². The van der Waals surface area contributed by atoms with Crippen LogP contribution < -0.4 is 5.73 Å². The third kappa shape index (κ3) is 7.63. The van der Waals surface area contributed by atoms with E-state index in [0.717, 1.165) is 11.8 Å². The van der Waals surface area contributed by atoms with Crippen molar-refractivity contribution >= 4 is 33.4 Å². The Kier molecular flexibility index (Phi) is 5.98. The van der Waals surface area contributed by atoms with Gasteiger partial charge in [0.1, 0.15) is 0 Å². The van der Waals surface area contributed by atoms with Gasteiger partial charge in [0.15, 0.2) is 0 Å². The lowest BCUT2D eigenvalue weighted by atomic mass is 10.5. The van der Waals surface area contributed by atoms with Crippen molar-refractivity contribution in [2.24, 2.45) is 10.1 Å². The van der Waals surface area contributed by atoms with E-state index in [0.29, 0.717) is 4.99 Å². The minimum Gasteiger partial charge on any atom is -0.393 e. The molecule has 0 aliphatic carbocycles. The first kappa shape index (κ1) is 13.0. The smallest absolute Gasteiger partial charge is 0.275 e. The van der Waals surface area contributed by atoms with Crippen LogP contribution >= 0.6 is 12.2 Å². The van der Waals surface area contributed by atoms with Crippen LogP contribution in [0.25, 0.3) is 0 Å². The molecule has 0 spiro atoms. The van der Waals surface area contributed by atoms with Gasteiger partial charge in [0.2, 0.25) is 0 Å². The van der Waals surface area contributed by atoms with E-state index in [1.807, 2.05) is 6.92 Å². The Balaban J connectivity index is 0.000000292. The highest BCUT2D eigenvalue weighted by Crippen LogP contribution is 1.96. The van der Waals surface area contributed by atoms with Crippen molar-refractivity contribution in [3.05, 3.63) is 23.6 Å². The quantitative estimate of drug-likeness (QED) is 0.688. The average molecular weight is 232 g/mol. The zero-order chi connectivity index (χ0) is 11.0. The third-order valence-electron chi connectivity index (χ3n) is 1.12. The molecule has 0 saturated heterocycles. The second-order valence-electron chi connectivity index (χ2n) is 2.30. The first-order valence-electron chi connectivity index (χ1n) is 3.90. The molecule has 1 rings (SSSR count). The highest BCUT2D eigenvalue weighted by atomic mass is 32.2. The Labute approximate surface area is 89.3 Å². The predicted molar refractivity (Wildman–Crippen MR) is 62.8 cm³/mol. The Morgan fingerprint density at radius 1 is 1.43 bits per heavy atom. The SMILES string of the molecule is CCC(N)=S.O=S1(=O)C=CC=CC=N1. The van der Waals surface area contributed by atoms with E-state index < -0.39 is 10.0 Å². The van der Waals surface area contributed by atoms with Crippen LogP contribution in [0.2, 0.25) is 0 Å². The number of nitrogens with zero attached hydrogens (tertiary/aromatic N) is 1. The molecule has 1 heterocycles. The molecule has 0 saturated carbocycles. The van der Waals surface area contributed by atoms with Gasteiger partial charge in [-0.15, -0.1) is 0 Å². The number of thiocarbonyl (C=S) groups is 1. The molecule has 0 aromatic rings. The van der Waals surface area contributed by atoms with Crippen LogP contribution in [0.3, 0.4) is 0 Å². The Hall–Kier alpha value is -1.01. The van der Waals surface area contributed by atoms with Gasteiger partial charge in [-0.25, -0.2) is 0 Å². The van der Waals surface area contributed by atoms with Crippen molar-refractivity contribution in [2.45, 2.75) is 13.3 Å². The van der Waals surface area contributed by atoms with Crippen molar-refractivity contribution in [2.75, 3.05) is 0 Å². The normalized spacial score (nSPS) is 16.6. The van der Waals surface area contributed by atoms with Crippen LogP contribution in [0.1, 0.15) is 13.3 Å². The average Bonchev–Trinajstić information content (AvgIpc) is 2.30. The molecular weight excluding hydrogens is 220 g/mol. The largest absolute Gasteiger partial charge is 0.393 e. The first-order chi connectivity index (χ1) is 6.48. The summed E-state index contributed by atoms with van der Waals surface area (Å²) in [5.74, 6) is 0. The molecule has 78 valence electrons. The second-order valence-corrected chi connectivity index (χ2v) is 4.34. The number of allylic oxidation sites excluding steroid dienone is 3. The maximum Gasteiger partial charge on any atom is 0.275 e. The van der Waals surface area contributed by atoms with Crippen molar-refractivity contribution in [1.29, 1.82) is 0 Å². The number of nitrogens with two attached hydrogens (primary N) is 1. The minimum atomic E-state index is -3.29. The monoisotopic (exact) mass is 232 g/mol. The number of hydrogen-bond acceptors (Lipinski definition) is 3. The molecule has 0 aromatic heterocycles. The van der Waals surface area contributed by atoms with Crippen LogP contribution in [0.4, 0.5) is 0 Å². The first-order valence-corrected chi connectivity index (χ1v) is 5.81. The lowest BCUT2D eigenvalue weighted by Crippen LogP contribution is -2.03. The molecule has 0 amide bonds. The molecule has 14 heavy (non-hydrogen) atoms. The zero-order valence-electron chi connectivity index (χ0n) is 7.75. The van der Waals surface area contributed by atoms with Crippen LogP contribution in [0.15, 0.2) is 28.0 Å². The van der Waals surface area contributed by atoms with Crippen molar-refractivity contribution in [3.8, 4) is 0 Å². The molecule has 0 aromatic carbocycles. The fourth-order valence-corrected chi connectivity index (χ4v) is 1.01. The molecule has 4 nitrogen and oxygen atoms in total. The third-order valence-corrected chi connectivity index (χ3v) is 2.32. The Morgan fingerprint density at radius 3 is 2.50 bits per heavy atom. The topological polar surface area (TPSA) is 72.5 Å². The van der Waals surface area contributed by atoms with E-state index in [1.165, 1.54) is 12.3 Å². The van der Waals surface area contributed by atoms with Gasteiger partial charge < -0.3 is 5.73 Å². The summed E-state index contributed by atoms with van der Waals surface area (Å²) < 4.78 is 24.3. The number of rotatable bonds is 1. The van der Waals surface area contributed by atoms with Gasteiger partial charge in [0, 0.05) is 6.21 Å². The molecule has 1 aliphatic heterocycles. The molecule has 1 aliphatic rings. The standard InChI is InChI=1S/C5H5NO2S.C3H7NS/c7-9(8)5-3-1-2-4-6-9;1-2-3(4)5/h1-5H;2H2,1H3,(H2,4,5). The van der Waals surface area contributed by atoms with Crippen molar-refractivity contribution in [1.82, 2.24) is 0 Å². The van der Waals surface area contributed by atoms with Crippen LogP contribution in [0.5, 0.6) is 0 Å². The summed E-state index contributed by atoms with van der Waals surface area (Å²) in [6, 6.07) is 0. The maximum atomic E-state index is 10.5. The van der Waals surface area contributed by atoms with Crippen LogP contribution in [0, 0.1) is 0 Å². The summed E-state index contributed by atoms with van der Waals surface area (Å²) in [6.45, 7) is 1.93. The summed E-state index contributed by atoms with van der Waals surface area (Å²) in [7, 11) is -3.29. The summed E-state index contributed by atoms with van der Waals surface area (Å²) in [5.41, 5.74) is 5.02. The fourth-order valence-electron chi connectivity index (χ4n) is 0.414. The van der Waals surface area contributed by atoms with E-state index in [9.17, 15) is 8.42 Å². The Bertz CT molecular complexity index is 345. The molecule has 0 fully saturated rings.